The number of thiazole rings is 1. The molecule has 0 aliphatic carbocycles. The highest BCUT2D eigenvalue weighted by molar-refractivity contribution is 7.15. The predicted octanol–water partition coefficient (Wildman–Crippen LogP) is 4.94. The molecule has 0 fully saturated rings. The SMILES string of the molecule is COc1cc(C(=O)Nc2nc3scc(-c4cc(Cl)ccc4Cl)n3n2)c([N+](=O)[O-])cc1OC. The molecular formula is C19H13Cl2N5O5S. The number of rotatable bonds is 6. The van der Waals surface area contributed by atoms with Crippen molar-refractivity contribution in [1.29, 1.82) is 0 Å². The zero-order valence-corrected chi connectivity index (χ0v) is 18.8. The van der Waals surface area contributed by atoms with Crippen molar-refractivity contribution in [3.8, 4) is 22.8 Å². The van der Waals surface area contributed by atoms with E-state index < -0.39 is 16.5 Å². The second-order valence-corrected chi connectivity index (χ2v) is 7.99. The molecule has 2 aromatic heterocycles. The highest BCUT2D eigenvalue weighted by atomic mass is 35.5. The molecule has 0 aliphatic rings. The topological polar surface area (TPSA) is 121 Å². The number of carbonyl (C=O) groups is 1. The maximum atomic E-state index is 12.8. The number of carbonyl (C=O) groups excluding carboxylic acids is 1. The first kappa shape index (κ1) is 21.8. The first-order valence-electron chi connectivity index (χ1n) is 8.83. The van der Waals surface area contributed by atoms with Crippen molar-refractivity contribution in [1.82, 2.24) is 14.6 Å². The summed E-state index contributed by atoms with van der Waals surface area (Å²) < 4.78 is 11.7. The summed E-state index contributed by atoms with van der Waals surface area (Å²) in [6.45, 7) is 0. The summed E-state index contributed by atoms with van der Waals surface area (Å²) in [7, 11) is 2.70. The van der Waals surface area contributed by atoms with Crippen molar-refractivity contribution in [3.63, 3.8) is 0 Å². The van der Waals surface area contributed by atoms with Gasteiger partial charge in [0, 0.05) is 22.0 Å². The molecule has 2 aromatic carbocycles. The van der Waals surface area contributed by atoms with Gasteiger partial charge in [0.25, 0.3) is 17.5 Å². The maximum absolute atomic E-state index is 12.8. The zero-order valence-electron chi connectivity index (χ0n) is 16.5. The van der Waals surface area contributed by atoms with Crippen LogP contribution in [0.1, 0.15) is 10.4 Å². The molecule has 1 N–H and O–H groups in total. The van der Waals surface area contributed by atoms with E-state index in [2.05, 4.69) is 15.4 Å². The molecule has 0 saturated heterocycles. The van der Waals surface area contributed by atoms with Crippen LogP contribution < -0.4 is 14.8 Å². The minimum Gasteiger partial charge on any atom is -0.493 e. The Balaban J connectivity index is 1.70. The number of amides is 1. The molecule has 32 heavy (non-hydrogen) atoms. The van der Waals surface area contributed by atoms with Gasteiger partial charge in [0.2, 0.25) is 4.96 Å². The number of halogens is 2. The first-order valence-corrected chi connectivity index (χ1v) is 10.5. The molecule has 0 spiro atoms. The van der Waals surface area contributed by atoms with Crippen molar-refractivity contribution in [3.05, 3.63) is 61.4 Å². The number of ether oxygens (including phenoxy) is 2. The van der Waals surface area contributed by atoms with Gasteiger partial charge >= 0.3 is 0 Å². The molecule has 164 valence electrons. The lowest BCUT2D eigenvalue weighted by atomic mass is 10.1. The van der Waals surface area contributed by atoms with Crippen molar-refractivity contribution in [2.45, 2.75) is 0 Å². The lowest BCUT2D eigenvalue weighted by Gasteiger charge is -2.10. The van der Waals surface area contributed by atoms with Crippen LogP contribution >= 0.6 is 34.5 Å². The molecule has 10 nitrogen and oxygen atoms in total. The number of methoxy groups -OCH3 is 2. The van der Waals surface area contributed by atoms with E-state index in [1.807, 2.05) is 0 Å². The molecule has 0 radical (unpaired) electrons. The molecule has 4 aromatic rings. The van der Waals surface area contributed by atoms with E-state index in [9.17, 15) is 14.9 Å². The molecule has 0 saturated carbocycles. The average Bonchev–Trinajstić information content (AvgIpc) is 3.34. The summed E-state index contributed by atoms with van der Waals surface area (Å²) in [5.74, 6) is -0.525. The lowest BCUT2D eigenvalue weighted by Crippen LogP contribution is -2.15. The molecule has 1 amide bonds. The van der Waals surface area contributed by atoms with E-state index in [4.69, 9.17) is 32.7 Å². The molecule has 0 bridgehead atoms. The molecule has 0 aliphatic heterocycles. The van der Waals surface area contributed by atoms with E-state index in [1.165, 1.54) is 36.1 Å². The van der Waals surface area contributed by atoms with Crippen LogP contribution in [0.3, 0.4) is 0 Å². The average molecular weight is 494 g/mol. The van der Waals surface area contributed by atoms with Crippen LogP contribution in [0.5, 0.6) is 11.5 Å². The Hall–Kier alpha value is -3.41. The van der Waals surface area contributed by atoms with Crippen molar-refractivity contribution in [2.24, 2.45) is 0 Å². The lowest BCUT2D eigenvalue weighted by molar-refractivity contribution is -0.385. The number of hydrogen-bond acceptors (Lipinski definition) is 8. The number of nitrogens with one attached hydrogen (secondary N) is 1. The second kappa shape index (κ2) is 8.61. The molecule has 0 atom stereocenters. The van der Waals surface area contributed by atoms with E-state index >= 15 is 0 Å². The number of hydrogen-bond donors (Lipinski definition) is 1. The Morgan fingerprint density at radius 1 is 1.19 bits per heavy atom. The van der Waals surface area contributed by atoms with Crippen LogP contribution in [0.2, 0.25) is 10.0 Å². The van der Waals surface area contributed by atoms with Gasteiger partial charge in [-0.25, -0.2) is 4.52 Å². The third-order valence-electron chi connectivity index (χ3n) is 4.45. The quantitative estimate of drug-likeness (QED) is 0.298. The van der Waals surface area contributed by atoms with Crippen LogP contribution in [0.4, 0.5) is 11.6 Å². The molecule has 0 unspecified atom stereocenters. The minimum atomic E-state index is -0.779. The third kappa shape index (κ3) is 3.93. The van der Waals surface area contributed by atoms with Crippen molar-refractivity contribution < 1.29 is 19.2 Å². The monoisotopic (exact) mass is 493 g/mol. The summed E-state index contributed by atoms with van der Waals surface area (Å²) >= 11 is 13.6. The maximum Gasteiger partial charge on any atom is 0.286 e. The minimum absolute atomic E-state index is 0.0367. The largest absolute Gasteiger partial charge is 0.493 e. The van der Waals surface area contributed by atoms with Gasteiger partial charge in [-0.15, -0.1) is 16.4 Å². The van der Waals surface area contributed by atoms with Crippen LogP contribution in [0.25, 0.3) is 16.2 Å². The summed E-state index contributed by atoms with van der Waals surface area (Å²) in [4.78, 5) is 28.4. The summed E-state index contributed by atoms with van der Waals surface area (Å²) in [6.07, 6.45) is 0. The zero-order chi connectivity index (χ0) is 23.0. The number of aromatic nitrogens is 3. The van der Waals surface area contributed by atoms with Gasteiger partial charge in [0.05, 0.1) is 35.9 Å². The van der Waals surface area contributed by atoms with Crippen molar-refractivity contribution >= 4 is 57.0 Å². The van der Waals surface area contributed by atoms with E-state index in [-0.39, 0.29) is 23.0 Å². The Morgan fingerprint density at radius 3 is 2.59 bits per heavy atom. The third-order valence-corrected chi connectivity index (χ3v) is 5.84. The second-order valence-electron chi connectivity index (χ2n) is 6.31. The van der Waals surface area contributed by atoms with Gasteiger partial charge in [-0.3, -0.25) is 20.2 Å². The standard InChI is InChI=1S/C19H13Cl2N5O5S/c1-30-15-6-11(13(26(28)29)7-16(15)31-2)17(27)22-18-23-19-25(24-18)14(8-32-19)10-5-9(20)3-4-12(10)21/h3-8H,1-2H3,(H,22,24,27). The summed E-state index contributed by atoms with van der Waals surface area (Å²) in [5.41, 5.74) is 0.586. The Kier molecular flexibility index (Phi) is 5.87. The Morgan fingerprint density at radius 2 is 1.91 bits per heavy atom. The van der Waals surface area contributed by atoms with Gasteiger partial charge in [-0.05, 0) is 18.2 Å². The highest BCUT2D eigenvalue weighted by Crippen LogP contribution is 2.35. The van der Waals surface area contributed by atoms with Gasteiger partial charge in [-0.1, -0.05) is 23.2 Å². The summed E-state index contributed by atoms with van der Waals surface area (Å²) in [6, 6.07) is 7.37. The van der Waals surface area contributed by atoms with Gasteiger partial charge in [0.15, 0.2) is 11.5 Å². The molecular weight excluding hydrogens is 481 g/mol. The molecule has 13 heteroatoms. The fraction of sp³-hybridized carbons (Fsp3) is 0.105. The van der Waals surface area contributed by atoms with Gasteiger partial charge < -0.3 is 9.47 Å². The Labute approximate surface area is 194 Å². The highest BCUT2D eigenvalue weighted by Gasteiger charge is 2.26. The molecule has 4 rings (SSSR count). The van der Waals surface area contributed by atoms with Crippen LogP contribution in [0.15, 0.2) is 35.7 Å². The number of anilines is 1. The van der Waals surface area contributed by atoms with Gasteiger partial charge in [0.1, 0.15) is 5.56 Å². The number of nitro groups is 1. The summed E-state index contributed by atoms with van der Waals surface area (Å²) in [5, 5.41) is 21.0. The van der Waals surface area contributed by atoms with Gasteiger partial charge in [-0.2, -0.15) is 4.98 Å². The van der Waals surface area contributed by atoms with Crippen LogP contribution in [0, 0.1) is 10.1 Å². The molecule has 2 heterocycles. The van der Waals surface area contributed by atoms with Crippen LogP contribution in [-0.4, -0.2) is 39.6 Å². The van der Waals surface area contributed by atoms with Crippen LogP contribution in [-0.2, 0) is 0 Å². The van der Waals surface area contributed by atoms with E-state index in [0.717, 1.165) is 6.07 Å². The van der Waals surface area contributed by atoms with Crippen molar-refractivity contribution in [2.75, 3.05) is 19.5 Å². The van der Waals surface area contributed by atoms with E-state index in [0.29, 0.717) is 26.3 Å². The fourth-order valence-corrected chi connectivity index (χ4v) is 4.19. The fourth-order valence-electron chi connectivity index (χ4n) is 2.98. The number of nitrogens with zero attached hydrogens (tertiary/aromatic N) is 4. The Bertz CT molecular complexity index is 1370. The number of nitro benzene ring substituents is 1. The van der Waals surface area contributed by atoms with E-state index in [1.54, 1.807) is 23.6 Å². The number of benzene rings is 2. The number of fused-ring (bicyclic) bond motifs is 1. The first-order chi connectivity index (χ1) is 15.3. The predicted molar refractivity (Wildman–Crippen MR) is 120 cm³/mol. The smallest absolute Gasteiger partial charge is 0.286 e. The normalized spacial score (nSPS) is 10.9.